The van der Waals surface area contributed by atoms with E-state index in [2.05, 4.69) is 15.6 Å². The van der Waals surface area contributed by atoms with Gasteiger partial charge in [-0.05, 0) is 48.9 Å². The van der Waals surface area contributed by atoms with Crippen LogP contribution in [-0.4, -0.2) is 11.0 Å². The van der Waals surface area contributed by atoms with Crippen molar-refractivity contribution in [1.82, 2.24) is 4.98 Å². The maximum Gasteiger partial charge on any atom is 0.323 e. The first kappa shape index (κ1) is 15.9. The number of rotatable bonds is 3. The third-order valence-corrected chi connectivity index (χ3v) is 3.94. The molecule has 4 rings (SSSR count). The molecule has 2 amide bonds. The number of nitrogens with one attached hydrogen (secondary N) is 2. The van der Waals surface area contributed by atoms with Crippen LogP contribution in [0.25, 0.3) is 22.6 Å². The molecule has 0 atom stereocenters. The van der Waals surface area contributed by atoms with Crippen molar-refractivity contribution in [2.75, 3.05) is 10.6 Å². The Balaban J connectivity index is 1.53. The molecule has 0 fully saturated rings. The van der Waals surface area contributed by atoms with Crippen molar-refractivity contribution in [3.8, 4) is 11.5 Å². The standard InChI is InChI=1S/C21H17N3O2/c1-14-6-5-9-16(12-14)22-21(25)23-17-10-11-18-19(13-17)26-20(24-18)15-7-3-2-4-8-15/h2-13H,1H3,(H2,22,23,25). The zero-order chi connectivity index (χ0) is 17.9. The van der Waals surface area contributed by atoms with Crippen LogP contribution >= 0.6 is 0 Å². The lowest BCUT2D eigenvalue weighted by atomic mass is 10.2. The molecule has 0 unspecified atom stereocenters. The lowest BCUT2D eigenvalue weighted by Crippen LogP contribution is -2.19. The molecule has 26 heavy (non-hydrogen) atoms. The Bertz CT molecular complexity index is 1070. The first-order chi connectivity index (χ1) is 12.7. The average Bonchev–Trinajstić information content (AvgIpc) is 3.06. The number of aryl methyl sites for hydroxylation is 1. The molecule has 1 heterocycles. The van der Waals surface area contributed by atoms with E-state index in [4.69, 9.17) is 4.42 Å². The second-order valence-electron chi connectivity index (χ2n) is 6.02. The van der Waals surface area contributed by atoms with E-state index in [0.717, 1.165) is 22.3 Å². The largest absolute Gasteiger partial charge is 0.436 e. The normalized spacial score (nSPS) is 10.7. The molecule has 4 aromatic rings. The SMILES string of the molecule is Cc1cccc(NC(=O)Nc2ccc3nc(-c4ccccc4)oc3c2)c1. The van der Waals surface area contributed by atoms with Crippen molar-refractivity contribution < 1.29 is 9.21 Å². The van der Waals surface area contributed by atoms with Crippen molar-refractivity contribution >= 4 is 28.5 Å². The number of nitrogens with zero attached hydrogens (tertiary/aromatic N) is 1. The second kappa shape index (κ2) is 6.72. The predicted octanol–water partition coefficient (Wildman–Crippen LogP) is 5.45. The summed E-state index contributed by atoms with van der Waals surface area (Å²) in [5, 5.41) is 5.63. The molecule has 5 heteroatoms. The van der Waals surface area contributed by atoms with Gasteiger partial charge in [0.25, 0.3) is 0 Å². The quantitative estimate of drug-likeness (QED) is 0.520. The summed E-state index contributed by atoms with van der Waals surface area (Å²) in [6.07, 6.45) is 0. The molecule has 0 saturated heterocycles. The summed E-state index contributed by atoms with van der Waals surface area (Å²) in [5.41, 5.74) is 4.74. The van der Waals surface area contributed by atoms with Crippen LogP contribution in [0, 0.1) is 6.92 Å². The van der Waals surface area contributed by atoms with Crippen LogP contribution in [0.1, 0.15) is 5.56 Å². The number of carbonyl (C=O) groups excluding carboxylic acids is 1. The molecule has 0 radical (unpaired) electrons. The monoisotopic (exact) mass is 343 g/mol. The summed E-state index contributed by atoms with van der Waals surface area (Å²) in [4.78, 5) is 16.7. The molecule has 1 aromatic heterocycles. The molecule has 3 aromatic carbocycles. The van der Waals surface area contributed by atoms with Gasteiger partial charge in [-0.3, -0.25) is 0 Å². The number of anilines is 2. The van der Waals surface area contributed by atoms with Gasteiger partial charge in [0, 0.05) is 23.0 Å². The highest BCUT2D eigenvalue weighted by molar-refractivity contribution is 6.00. The molecule has 0 aliphatic rings. The first-order valence-electron chi connectivity index (χ1n) is 8.28. The average molecular weight is 343 g/mol. The van der Waals surface area contributed by atoms with Crippen molar-refractivity contribution in [2.45, 2.75) is 6.92 Å². The number of carbonyl (C=O) groups is 1. The fourth-order valence-electron chi connectivity index (χ4n) is 2.72. The van der Waals surface area contributed by atoms with Crippen LogP contribution in [0.4, 0.5) is 16.2 Å². The summed E-state index contributed by atoms with van der Waals surface area (Å²) in [7, 11) is 0. The molecule has 128 valence electrons. The Kier molecular flexibility index (Phi) is 4.11. The zero-order valence-corrected chi connectivity index (χ0v) is 14.2. The van der Waals surface area contributed by atoms with E-state index in [-0.39, 0.29) is 6.03 Å². The maximum atomic E-state index is 12.2. The number of hydrogen-bond donors (Lipinski definition) is 2. The van der Waals surface area contributed by atoms with Gasteiger partial charge >= 0.3 is 6.03 Å². The van der Waals surface area contributed by atoms with Crippen LogP contribution in [0.2, 0.25) is 0 Å². The van der Waals surface area contributed by atoms with Crippen molar-refractivity contribution in [2.24, 2.45) is 0 Å². The lowest BCUT2D eigenvalue weighted by Gasteiger charge is -2.08. The highest BCUT2D eigenvalue weighted by Crippen LogP contribution is 2.26. The van der Waals surface area contributed by atoms with E-state index >= 15 is 0 Å². The number of fused-ring (bicyclic) bond motifs is 1. The van der Waals surface area contributed by atoms with Gasteiger partial charge in [0.05, 0.1) is 0 Å². The molecular weight excluding hydrogens is 326 g/mol. The number of hydrogen-bond acceptors (Lipinski definition) is 3. The van der Waals surface area contributed by atoms with Crippen molar-refractivity contribution in [3.05, 3.63) is 78.4 Å². The van der Waals surface area contributed by atoms with Gasteiger partial charge in [0.15, 0.2) is 5.58 Å². The van der Waals surface area contributed by atoms with E-state index in [1.807, 2.05) is 67.6 Å². The third kappa shape index (κ3) is 3.42. The molecular formula is C21H17N3O2. The smallest absolute Gasteiger partial charge is 0.323 e. The summed E-state index contributed by atoms with van der Waals surface area (Å²) in [6.45, 7) is 1.98. The van der Waals surface area contributed by atoms with Gasteiger partial charge in [-0.2, -0.15) is 0 Å². The van der Waals surface area contributed by atoms with Gasteiger partial charge in [-0.15, -0.1) is 0 Å². The molecule has 0 aliphatic heterocycles. The van der Waals surface area contributed by atoms with Crippen LogP contribution < -0.4 is 10.6 Å². The summed E-state index contributed by atoms with van der Waals surface area (Å²) in [6, 6.07) is 22.4. The maximum absolute atomic E-state index is 12.2. The molecule has 2 N–H and O–H groups in total. The molecule has 0 saturated carbocycles. The van der Waals surface area contributed by atoms with Crippen LogP contribution in [0.3, 0.4) is 0 Å². The molecule has 0 aliphatic carbocycles. The Hall–Kier alpha value is -3.60. The van der Waals surface area contributed by atoms with E-state index in [9.17, 15) is 4.79 Å². The van der Waals surface area contributed by atoms with Gasteiger partial charge in [0.1, 0.15) is 5.52 Å². The van der Waals surface area contributed by atoms with Gasteiger partial charge in [-0.1, -0.05) is 30.3 Å². The highest BCUT2D eigenvalue weighted by Gasteiger charge is 2.10. The minimum atomic E-state index is -0.308. The summed E-state index contributed by atoms with van der Waals surface area (Å²) >= 11 is 0. The minimum absolute atomic E-state index is 0.308. The van der Waals surface area contributed by atoms with Gasteiger partial charge in [-0.25, -0.2) is 9.78 Å². The zero-order valence-electron chi connectivity index (χ0n) is 14.2. The fourth-order valence-corrected chi connectivity index (χ4v) is 2.72. The van der Waals surface area contributed by atoms with E-state index in [1.54, 1.807) is 12.1 Å². The Labute approximate surface area is 150 Å². The van der Waals surface area contributed by atoms with Crippen LogP contribution in [-0.2, 0) is 0 Å². The number of urea groups is 1. The molecule has 0 spiro atoms. The number of oxazole rings is 1. The lowest BCUT2D eigenvalue weighted by molar-refractivity contribution is 0.262. The fraction of sp³-hybridized carbons (Fsp3) is 0.0476. The van der Waals surface area contributed by atoms with E-state index in [0.29, 0.717) is 17.2 Å². The predicted molar refractivity (Wildman–Crippen MR) is 103 cm³/mol. The number of benzene rings is 3. The topological polar surface area (TPSA) is 67.2 Å². The van der Waals surface area contributed by atoms with Crippen LogP contribution in [0.15, 0.2) is 77.2 Å². The van der Waals surface area contributed by atoms with E-state index < -0.39 is 0 Å². The van der Waals surface area contributed by atoms with E-state index in [1.165, 1.54) is 0 Å². The Morgan fingerprint density at radius 1 is 0.885 bits per heavy atom. The summed E-state index contributed by atoms with van der Waals surface area (Å²) < 4.78 is 5.83. The number of amides is 2. The third-order valence-electron chi connectivity index (χ3n) is 3.94. The van der Waals surface area contributed by atoms with Crippen molar-refractivity contribution in [1.29, 1.82) is 0 Å². The Morgan fingerprint density at radius 3 is 2.42 bits per heavy atom. The van der Waals surface area contributed by atoms with Gasteiger partial charge < -0.3 is 15.1 Å². The van der Waals surface area contributed by atoms with Crippen molar-refractivity contribution in [3.63, 3.8) is 0 Å². The highest BCUT2D eigenvalue weighted by atomic mass is 16.3. The van der Waals surface area contributed by atoms with Gasteiger partial charge in [0.2, 0.25) is 5.89 Å². The molecule has 5 nitrogen and oxygen atoms in total. The van der Waals surface area contributed by atoms with Crippen LogP contribution in [0.5, 0.6) is 0 Å². The minimum Gasteiger partial charge on any atom is -0.436 e. The summed E-state index contributed by atoms with van der Waals surface area (Å²) in [5.74, 6) is 0.557. The second-order valence-corrected chi connectivity index (χ2v) is 6.02. The Morgan fingerprint density at radius 2 is 1.65 bits per heavy atom. The number of aromatic nitrogens is 1. The molecule has 0 bridgehead atoms. The first-order valence-corrected chi connectivity index (χ1v) is 8.28.